The maximum atomic E-state index is 14.6. The van der Waals surface area contributed by atoms with Gasteiger partial charge < -0.3 is 19.7 Å². The normalized spacial score (nSPS) is 12.4. The molecule has 0 aliphatic heterocycles. The Morgan fingerprint density at radius 2 is 1.43 bits per heavy atom. The van der Waals surface area contributed by atoms with Crippen LogP contribution in [0.5, 0.6) is 11.5 Å². The fourth-order valence-electron chi connectivity index (χ4n) is 5.02. The summed E-state index contributed by atoms with van der Waals surface area (Å²) in [6.07, 6.45) is 0.926. The largest absolute Gasteiger partial charge is 0.493 e. The number of rotatable bonds is 15. The van der Waals surface area contributed by atoms with Gasteiger partial charge >= 0.3 is 0 Å². The number of carbonyl (C=O) groups excluding carboxylic acids is 2. The minimum Gasteiger partial charge on any atom is -0.493 e. The van der Waals surface area contributed by atoms with Crippen molar-refractivity contribution >= 4 is 39.1 Å². The summed E-state index contributed by atoms with van der Waals surface area (Å²) in [5, 5.41) is 3.44. The monoisotopic (exact) mass is 677 g/mol. The molecule has 2 amide bonds. The molecule has 0 bridgehead atoms. The van der Waals surface area contributed by atoms with Gasteiger partial charge in [-0.3, -0.25) is 13.9 Å². The number of carbonyl (C=O) groups is 2. The molecular weight excluding hydrogens is 638 g/mol. The number of amides is 2. The minimum absolute atomic E-state index is 0.0793. The fraction of sp³-hybridized carbons (Fsp3) is 0.278. The maximum absolute atomic E-state index is 14.6. The molecule has 0 heterocycles. The van der Waals surface area contributed by atoms with Crippen molar-refractivity contribution in [2.24, 2.45) is 0 Å². The molecule has 0 fully saturated rings. The van der Waals surface area contributed by atoms with Crippen molar-refractivity contribution < 1.29 is 27.5 Å². The molecule has 0 unspecified atom stereocenters. The van der Waals surface area contributed by atoms with Crippen molar-refractivity contribution in [3.05, 3.63) is 119 Å². The molecule has 0 saturated heterocycles. The molecule has 0 aliphatic carbocycles. The van der Waals surface area contributed by atoms with E-state index in [0.717, 1.165) is 15.4 Å². The van der Waals surface area contributed by atoms with Crippen LogP contribution in [0.25, 0.3) is 0 Å². The SMILES string of the molecule is CC[C@H](C)NC(=O)[C@H](Cc1ccccc1)N(Cc1ccccc1)C(=O)CN(c1ccc(Cl)cc1)S(=O)(=O)c1ccc(OC)c(OC)c1. The Balaban J connectivity index is 1.81. The highest BCUT2D eigenvalue weighted by atomic mass is 35.5. The summed E-state index contributed by atoms with van der Waals surface area (Å²) in [4.78, 5) is 29.8. The van der Waals surface area contributed by atoms with Gasteiger partial charge in [-0.1, -0.05) is 79.2 Å². The van der Waals surface area contributed by atoms with Gasteiger partial charge in [0.15, 0.2) is 11.5 Å². The standard InChI is InChI=1S/C36H40ClN3O6S/c1-5-26(2)38-36(42)32(22-27-12-8-6-9-13-27)39(24-28-14-10-7-11-15-28)35(41)25-40(30-18-16-29(37)17-19-30)47(43,44)31-20-21-33(45-3)34(23-31)46-4/h6-21,23,26,32H,5,22,24-25H2,1-4H3,(H,38,42)/t26-,32-/m0/s1. The molecule has 0 spiro atoms. The molecule has 248 valence electrons. The van der Waals surface area contributed by atoms with Crippen molar-refractivity contribution in [2.75, 3.05) is 25.1 Å². The Morgan fingerprint density at radius 3 is 2.00 bits per heavy atom. The Hall–Kier alpha value is -4.54. The van der Waals surface area contributed by atoms with Crippen LogP contribution in [-0.2, 0) is 32.6 Å². The van der Waals surface area contributed by atoms with Crippen LogP contribution in [0, 0.1) is 0 Å². The number of halogens is 1. The van der Waals surface area contributed by atoms with E-state index < -0.39 is 28.5 Å². The molecule has 4 aromatic carbocycles. The van der Waals surface area contributed by atoms with Gasteiger partial charge in [-0.15, -0.1) is 0 Å². The van der Waals surface area contributed by atoms with Crippen molar-refractivity contribution in [1.29, 1.82) is 0 Å². The van der Waals surface area contributed by atoms with Crippen LogP contribution in [0.1, 0.15) is 31.4 Å². The van der Waals surface area contributed by atoms with Gasteiger partial charge in [0.2, 0.25) is 11.8 Å². The lowest BCUT2D eigenvalue weighted by Gasteiger charge is -2.34. The molecule has 0 aromatic heterocycles. The number of nitrogens with zero attached hydrogens (tertiary/aromatic N) is 2. The number of methoxy groups -OCH3 is 2. The van der Waals surface area contributed by atoms with Crippen molar-refractivity contribution in [3.63, 3.8) is 0 Å². The third-order valence-electron chi connectivity index (χ3n) is 7.80. The van der Waals surface area contributed by atoms with E-state index in [0.29, 0.717) is 17.2 Å². The molecule has 0 aliphatic rings. The minimum atomic E-state index is -4.35. The lowest BCUT2D eigenvalue weighted by atomic mass is 10.0. The van der Waals surface area contributed by atoms with E-state index in [9.17, 15) is 18.0 Å². The highest BCUT2D eigenvalue weighted by Crippen LogP contribution is 2.33. The predicted octanol–water partition coefficient (Wildman–Crippen LogP) is 6.11. The van der Waals surface area contributed by atoms with Crippen LogP contribution in [0.3, 0.4) is 0 Å². The first-order valence-corrected chi connectivity index (χ1v) is 17.1. The lowest BCUT2D eigenvalue weighted by molar-refractivity contribution is -0.140. The van der Waals surface area contributed by atoms with E-state index in [1.165, 1.54) is 49.5 Å². The van der Waals surface area contributed by atoms with E-state index in [2.05, 4.69) is 5.32 Å². The number of nitrogens with one attached hydrogen (secondary N) is 1. The second-order valence-corrected chi connectivity index (χ2v) is 13.3. The van der Waals surface area contributed by atoms with Gasteiger partial charge in [-0.2, -0.15) is 0 Å². The molecule has 9 nitrogen and oxygen atoms in total. The Bertz CT molecular complexity index is 1740. The van der Waals surface area contributed by atoms with Gasteiger partial charge in [0.05, 0.1) is 24.8 Å². The highest BCUT2D eigenvalue weighted by Gasteiger charge is 2.35. The maximum Gasteiger partial charge on any atom is 0.264 e. The first kappa shape index (κ1) is 35.3. The van der Waals surface area contributed by atoms with Gasteiger partial charge in [0.1, 0.15) is 12.6 Å². The van der Waals surface area contributed by atoms with Gasteiger partial charge in [-0.05, 0) is 60.9 Å². The number of hydrogen-bond acceptors (Lipinski definition) is 6. The Labute approximate surface area is 282 Å². The average Bonchev–Trinajstić information content (AvgIpc) is 3.09. The topological polar surface area (TPSA) is 105 Å². The summed E-state index contributed by atoms with van der Waals surface area (Å²) >= 11 is 6.16. The molecule has 4 rings (SSSR count). The smallest absolute Gasteiger partial charge is 0.264 e. The fourth-order valence-corrected chi connectivity index (χ4v) is 6.57. The molecule has 47 heavy (non-hydrogen) atoms. The van der Waals surface area contributed by atoms with E-state index in [-0.39, 0.29) is 41.2 Å². The molecular formula is C36H40ClN3O6S. The first-order valence-electron chi connectivity index (χ1n) is 15.2. The Kier molecular flexibility index (Phi) is 12.3. The zero-order valence-corrected chi connectivity index (χ0v) is 28.5. The van der Waals surface area contributed by atoms with Crippen molar-refractivity contribution in [1.82, 2.24) is 10.2 Å². The molecule has 1 N–H and O–H groups in total. The second kappa shape index (κ2) is 16.3. The zero-order chi connectivity index (χ0) is 34.0. The van der Waals surface area contributed by atoms with E-state index in [1.54, 1.807) is 12.1 Å². The number of benzene rings is 4. The molecule has 4 aromatic rings. The molecule has 0 saturated carbocycles. The van der Waals surface area contributed by atoms with Crippen LogP contribution in [0.15, 0.2) is 108 Å². The van der Waals surface area contributed by atoms with Gasteiger partial charge in [0, 0.05) is 30.1 Å². The quantitative estimate of drug-likeness (QED) is 0.163. The summed E-state index contributed by atoms with van der Waals surface area (Å²) in [6.45, 7) is 3.36. The van der Waals surface area contributed by atoms with Gasteiger partial charge in [-0.25, -0.2) is 8.42 Å². The van der Waals surface area contributed by atoms with Crippen LogP contribution in [-0.4, -0.2) is 58.0 Å². The van der Waals surface area contributed by atoms with E-state index >= 15 is 0 Å². The van der Waals surface area contributed by atoms with Crippen LogP contribution in [0.4, 0.5) is 5.69 Å². The number of sulfonamides is 1. The molecule has 11 heteroatoms. The highest BCUT2D eigenvalue weighted by molar-refractivity contribution is 7.92. The first-order chi connectivity index (χ1) is 22.6. The van der Waals surface area contributed by atoms with Crippen LogP contribution in [0.2, 0.25) is 5.02 Å². The summed E-state index contributed by atoms with van der Waals surface area (Å²) in [7, 11) is -1.48. The predicted molar refractivity (Wildman–Crippen MR) is 184 cm³/mol. The summed E-state index contributed by atoms with van der Waals surface area (Å²) < 4.78 is 40.4. The molecule has 0 radical (unpaired) electrons. The van der Waals surface area contributed by atoms with E-state index in [4.69, 9.17) is 21.1 Å². The average molecular weight is 678 g/mol. The third-order valence-corrected chi connectivity index (χ3v) is 9.83. The van der Waals surface area contributed by atoms with Crippen LogP contribution < -0.4 is 19.1 Å². The summed E-state index contributed by atoms with van der Waals surface area (Å²) in [5.74, 6) is -0.321. The molecule has 2 atom stereocenters. The Morgan fingerprint density at radius 1 is 0.830 bits per heavy atom. The lowest BCUT2D eigenvalue weighted by Crippen LogP contribution is -2.54. The van der Waals surface area contributed by atoms with Gasteiger partial charge in [0.25, 0.3) is 10.0 Å². The third kappa shape index (κ3) is 9.05. The van der Waals surface area contributed by atoms with Crippen molar-refractivity contribution in [2.45, 2.75) is 50.2 Å². The van der Waals surface area contributed by atoms with Crippen molar-refractivity contribution in [3.8, 4) is 11.5 Å². The number of hydrogen-bond donors (Lipinski definition) is 1. The van der Waals surface area contributed by atoms with Crippen LogP contribution >= 0.6 is 11.6 Å². The summed E-state index contributed by atoms with van der Waals surface area (Å²) in [5.41, 5.74) is 1.87. The summed E-state index contributed by atoms with van der Waals surface area (Å²) in [6, 6.07) is 28.1. The number of anilines is 1. The zero-order valence-electron chi connectivity index (χ0n) is 26.9. The second-order valence-electron chi connectivity index (χ2n) is 11.0. The van der Waals surface area contributed by atoms with E-state index in [1.807, 2.05) is 74.5 Å². The number of ether oxygens (including phenoxy) is 2.